The van der Waals surface area contributed by atoms with Gasteiger partial charge in [-0.3, -0.25) is 0 Å². The van der Waals surface area contributed by atoms with Crippen LogP contribution in [0.2, 0.25) is 0 Å². The third-order valence-corrected chi connectivity index (χ3v) is 27.2. The molecule has 14 unspecified atom stereocenters. The molecule has 3 aromatic rings. The maximum atomic E-state index is 14.9. The van der Waals surface area contributed by atoms with Crippen molar-refractivity contribution in [3.63, 3.8) is 0 Å². The maximum Gasteiger partial charge on any atom is 0.456 e. The van der Waals surface area contributed by atoms with Crippen LogP contribution in [0.25, 0.3) is 5.57 Å². The molecule has 12 aliphatic carbocycles. The average molecular weight is 1710 g/mol. The predicted octanol–water partition coefficient (Wildman–Crippen LogP) is 24.0. The summed E-state index contributed by atoms with van der Waals surface area (Å²) in [6.07, 6.45) is -3.81. The number of rotatable bonds is 6. The number of allylic oxidation sites excluding steroid dienone is 15. The molecule has 14 atom stereocenters. The van der Waals surface area contributed by atoms with Gasteiger partial charge in [-0.2, -0.15) is 65.9 Å². The number of alkyl halides is 15. The second-order valence-electron chi connectivity index (χ2n) is 31.7. The van der Waals surface area contributed by atoms with Gasteiger partial charge in [0, 0.05) is 126 Å². The van der Waals surface area contributed by atoms with Crippen molar-refractivity contribution in [1.82, 2.24) is 0 Å². The summed E-state index contributed by atoms with van der Waals surface area (Å²) in [7, 11) is 0. The van der Waals surface area contributed by atoms with E-state index in [4.69, 9.17) is 0 Å². The first kappa shape index (κ1) is 89.7. The summed E-state index contributed by atoms with van der Waals surface area (Å²) >= 11 is 0. The fraction of sp³-hybridized carbons (Fsp3) is 0.536. The fourth-order valence-corrected chi connectivity index (χ4v) is 22.3. The van der Waals surface area contributed by atoms with Gasteiger partial charge in [0.05, 0.1) is 0 Å². The van der Waals surface area contributed by atoms with Crippen LogP contribution in [-0.4, -0.2) is 68.4 Å². The molecule has 6 fully saturated rings. The van der Waals surface area contributed by atoms with E-state index in [0.29, 0.717) is 19.3 Å². The molecule has 567 valence electrons. The molecular weight excluding hydrogens is 1610 g/mol. The van der Waals surface area contributed by atoms with Crippen LogP contribution < -0.4 is 0 Å². The van der Waals surface area contributed by atoms with Crippen LogP contribution in [-0.2, 0) is 98.1 Å². The minimum absolute atomic E-state index is 0. The van der Waals surface area contributed by atoms with Crippen molar-refractivity contribution in [3.05, 3.63) is 229 Å². The van der Waals surface area contributed by atoms with Crippen molar-refractivity contribution in [1.29, 1.82) is 0 Å². The maximum absolute atomic E-state index is 14.9. The second kappa shape index (κ2) is 31.4. The Bertz CT molecular complexity index is 3940. The molecule has 0 aromatic heterocycles. The SMILES string of the molecule is C=C1C=C2CCC3C(=C2CC1)C(c1ccccc1)CC1(C)C3CCC1(O)C(F)(F)C(F)(F)F.C=C1CCC2=C(CCC3C2=C(c2ccccc2)CC2(C)C3CCC2(O)C(F)(F)C(F)(F)F)C1.C=C1CCC2=C3C(c4ccccc4)CC4(C)C(CCC4(O)C(F)(F)C(F)(F)F)C3CC=C2C1.[CH3-].[CH3-].[CH3-].[Y].[Y].[Y]. The molecule has 12 aliphatic rings. The molecule has 0 saturated heterocycles. The summed E-state index contributed by atoms with van der Waals surface area (Å²) in [5.41, 5.74) is 3.96. The molecule has 15 rings (SSSR count). The van der Waals surface area contributed by atoms with Gasteiger partial charge in [0.1, 0.15) is 16.8 Å². The van der Waals surface area contributed by atoms with Gasteiger partial charge in [-0.15, -0.1) is 0 Å². The van der Waals surface area contributed by atoms with E-state index in [1.807, 2.05) is 91.0 Å². The van der Waals surface area contributed by atoms with E-state index >= 15 is 0 Å². The molecular formula is C84H96F15O3Y3-3. The molecule has 21 heteroatoms. The molecule has 6 saturated carbocycles. The molecule has 3 radical (unpaired) electrons. The molecule has 105 heavy (non-hydrogen) atoms. The Hall–Kier alpha value is -2.54. The normalized spacial score (nSPS) is 34.0. The predicted molar refractivity (Wildman–Crippen MR) is 370 cm³/mol. The van der Waals surface area contributed by atoms with Crippen LogP contribution in [0.4, 0.5) is 65.9 Å². The Morgan fingerprint density at radius 1 is 0.410 bits per heavy atom. The molecule has 0 spiro atoms. The van der Waals surface area contributed by atoms with Gasteiger partial charge in [0.15, 0.2) is 0 Å². The zero-order valence-corrected chi connectivity index (χ0v) is 69.4. The number of hydrogen-bond donors (Lipinski definition) is 3. The number of hydrogen-bond acceptors (Lipinski definition) is 3. The van der Waals surface area contributed by atoms with Gasteiger partial charge in [-0.25, -0.2) is 0 Å². The van der Waals surface area contributed by atoms with Gasteiger partial charge in [-0.05, 0) is 232 Å². The van der Waals surface area contributed by atoms with Crippen LogP contribution in [0.15, 0.2) is 190 Å². The van der Waals surface area contributed by atoms with Crippen molar-refractivity contribution in [2.75, 3.05) is 0 Å². The first-order chi connectivity index (χ1) is 46.2. The van der Waals surface area contributed by atoms with Crippen molar-refractivity contribution in [3.8, 4) is 0 Å². The molecule has 0 bridgehead atoms. The summed E-state index contributed by atoms with van der Waals surface area (Å²) in [4.78, 5) is 0. The van der Waals surface area contributed by atoms with E-state index in [9.17, 15) is 81.2 Å². The van der Waals surface area contributed by atoms with Crippen molar-refractivity contribution >= 4 is 5.57 Å². The van der Waals surface area contributed by atoms with E-state index in [2.05, 4.69) is 31.9 Å². The Morgan fingerprint density at radius 3 is 1.28 bits per heavy atom. The number of aliphatic hydroxyl groups is 3. The van der Waals surface area contributed by atoms with Crippen LogP contribution in [0.3, 0.4) is 0 Å². The largest absolute Gasteiger partial charge is 0.456 e. The van der Waals surface area contributed by atoms with Crippen LogP contribution >= 0.6 is 0 Å². The van der Waals surface area contributed by atoms with Gasteiger partial charge < -0.3 is 37.6 Å². The Morgan fingerprint density at radius 2 is 0.800 bits per heavy atom. The minimum atomic E-state index is -5.80. The first-order valence-corrected chi connectivity index (χ1v) is 35.2. The molecule has 3 N–H and O–H groups in total. The monoisotopic (exact) mass is 1700 g/mol. The van der Waals surface area contributed by atoms with Crippen molar-refractivity contribution in [2.24, 2.45) is 51.8 Å². The third-order valence-electron chi connectivity index (χ3n) is 27.2. The summed E-state index contributed by atoms with van der Waals surface area (Å²) in [6.45, 7) is 16.8. The minimum Gasteiger partial charge on any atom is -0.383 e. The standard InChI is InChI=1S/3C27H29F5O.3CH3.3Y/c3*1-16-8-10-19-18(14-16)9-11-20-22-12-13-25(33,26(28,29)27(30,31)32)24(22,2)15-21(23(19)20)17-6-4-3-5-7-17;;;;;;/h3-7,20,22,33H,1,8-15H2,2H3;3-7,14,20-22,33H,1,8-13,15H2,2H3;3-7,9,20-22,33H,1,8,10-15H2,2H3;3*1H3;;;/q;;;3*-1;;;. The summed E-state index contributed by atoms with van der Waals surface area (Å²) < 4.78 is 211. The Balaban J connectivity index is 0.000000214. The summed E-state index contributed by atoms with van der Waals surface area (Å²) in [5.74, 6) is -17.7. The molecule has 3 nitrogen and oxygen atoms in total. The molecule has 0 heterocycles. The van der Waals surface area contributed by atoms with E-state index in [0.717, 1.165) is 97.6 Å². The van der Waals surface area contributed by atoms with E-state index in [-0.39, 0.29) is 189 Å². The number of benzene rings is 3. The van der Waals surface area contributed by atoms with Crippen LogP contribution in [0.1, 0.15) is 191 Å². The van der Waals surface area contributed by atoms with Crippen molar-refractivity contribution in [2.45, 2.75) is 227 Å². The van der Waals surface area contributed by atoms with Gasteiger partial charge in [0.25, 0.3) is 0 Å². The Kier molecular flexibility index (Phi) is 26.9. The van der Waals surface area contributed by atoms with Gasteiger partial charge in [-0.1, -0.05) is 177 Å². The first-order valence-electron chi connectivity index (χ1n) is 35.2. The smallest absolute Gasteiger partial charge is 0.383 e. The van der Waals surface area contributed by atoms with E-state index < -0.39 is 106 Å². The molecule has 0 amide bonds. The topological polar surface area (TPSA) is 60.7 Å². The third kappa shape index (κ3) is 14.0. The zero-order valence-electron chi connectivity index (χ0n) is 60.9. The second-order valence-corrected chi connectivity index (χ2v) is 31.7. The van der Waals surface area contributed by atoms with Gasteiger partial charge in [0.2, 0.25) is 0 Å². The number of halogens is 15. The average Bonchev–Trinajstić information content (AvgIpc) is 1.60. The zero-order chi connectivity index (χ0) is 71.4. The van der Waals surface area contributed by atoms with Gasteiger partial charge >= 0.3 is 36.3 Å². The van der Waals surface area contributed by atoms with Crippen LogP contribution in [0, 0.1) is 74.0 Å². The summed E-state index contributed by atoms with van der Waals surface area (Å²) in [6, 6.07) is 28.3. The van der Waals surface area contributed by atoms with Crippen LogP contribution in [0.5, 0.6) is 0 Å². The Labute approximate surface area is 685 Å². The fourth-order valence-electron chi connectivity index (χ4n) is 22.3. The summed E-state index contributed by atoms with van der Waals surface area (Å²) in [5, 5.41) is 33.7. The van der Waals surface area contributed by atoms with E-state index in [1.54, 1.807) is 0 Å². The van der Waals surface area contributed by atoms with E-state index in [1.165, 1.54) is 76.5 Å². The number of fused-ring (bicyclic) bond motifs is 12. The van der Waals surface area contributed by atoms with Crippen molar-refractivity contribution < 1.29 is 179 Å². The molecule has 0 aliphatic heterocycles. The quantitative estimate of drug-likeness (QED) is 0.131. The molecule has 3 aromatic carbocycles.